The SMILES string of the molecule is COc1ccc2cc(C(=O)NC3CC(=O)N(c4ccc(F)cc4)C3)c(C)nc2c1. The van der Waals surface area contributed by atoms with Crippen molar-refractivity contribution in [2.24, 2.45) is 0 Å². The van der Waals surface area contributed by atoms with Gasteiger partial charge in [0.2, 0.25) is 5.91 Å². The van der Waals surface area contributed by atoms with Crippen molar-refractivity contribution in [3.63, 3.8) is 0 Å². The first-order valence-electron chi connectivity index (χ1n) is 9.27. The molecule has 0 bridgehead atoms. The van der Waals surface area contributed by atoms with Crippen LogP contribution in [0.2, 0.25) is 0 Å². The van der Waals surface area contributed by atoms with E-state index in [4.69, 9.17) is 4.74 Å². The number of anilines is 1. The van der Waals surface area contributed by atoms with Crippen LogP contribution in [-0.4, -0.2) is 36.5 Å². The molecule has 1 N–H and O–H groups in total. The molecule has 0 aliphatic carbocycles. The van der Waals surface area contributed by atoms with E-state index in [0.29, 0.717) is 29.2 Å². The molecule has 0 saturated carbocycles. The first kappa shape index (κ1) is 18.9. The third-order valence-electron chi connectivity index (χ3n) is 5.06. The van der Waals surface area contributed by atoms with Gasteiger partial charge in [-0.3, -0.25) is 14.6 Å². The minimum Gasteiger partial charge on any atom is -0.497 e. The summed E-state index contributed by atoms with van der Waals surface area (Å²) in [5, 5.41) is 3.76. The van der Waals surface area contributed by atoms with Crippen LogP contribution in [0, 0.1) is 12.7 Å². The lowest BCUT2D eigenvalue weighted by atomic mass is 10.1. The van der Waals surface area contributed by atoms with Crippen LogP contribution in [0.5, 0.6) is 5.75 Å². The number of carbonyl (C=O) groups excluding carboxylic acids is 2. The highest BCUT2D eigenvalue weighted by Gasteiger charge is 2.32. The van der Waals surface area contributed by atoms with Crippen molar-refractivity contribution in [3.8, 4) is 5.75 Å². The molecule has 2 aromatic carbocycles. The number of fused-ring (bicyclic) bond motifs is 1. The topological polar surface area (TPSA) is 71.5 Å². The van der Waals surface area contributed by atoms with Gasteiger partial charge < -0.3 is 15.0 Å². The molecule has 1 aliphatic rings. The van der Waals surface area contributed by atoms with E-state index in [9.17, 15) is 14.0 Å². The molecule has 1 aliphatic heterocycles. The molecule has 7 heteroatoms. The van der Waals surface area contributed by atoms with E-state index >= 15 is 0 Å². The summed E-state index contributed by atoms with van der Waals surface area (Å²) in [5.74, 6) is -0.0389. The van der Waals surface area contributed by atoms with Gasteiger partial charge in [-0.1, -0.05) is 0 Å². The average molecular weight is 393 g/mol. The van der Waals surface area contributed by atoms with Crippen molar-refractivity contribution in [1.82, 2.24) is 10.3 Å². The fourth-order valence-electron chi connectivity index (χ4n) is 3.54. The minimum atomic E-state index is -0.359. The van der Waals surface area contributed by atoms with E-state index in [2.05, 4.69) is 10.3 Å². The summed E-state index contributed by atoms with van der Waals surface area (Å²) >= 11 is 0. The van der Waals surface area contributed by atoms with Gasteiger partial charge in [0.15, 0.2) is 0 Å². The summed E-state index contributed by atoms with van der Waals surface area (Å²) in [6, 6.07) is 12.7. The molecule has 1 atom stereocenters. The number of ether oxygens (including phenoxy) is 1. The van der Waals surface area contributed by atoms with Crippen LogP contribution in [-0.2, 0) is 4.79 Å². The maximum Gasteiger partial charge on any atom is 0.253 e. The smallest absolute Gasteiger partial charge is 0.253 e. The number of amides is 2. The molecule has 2 heterocycles. The van der Waals surface area contributed by atoms with Gasteiger partial charge in [-0.05, 0) is 49.4 Å². The number of halogens is 1. The number of aryl methyl sites for hydroxylation is 1. The van der Waals surface area contributed by atoms with Crippen molar-refractivity contribution in [3.05, 3.63) is 65.6 Å². The van der Waals surface area contributed by atoms with E-state index in [0.717, 1.165) is 10.9 Å². The lowest BCUT2D eigenvalue weighted by molar-refractivity contribution is -0.117. The molecular formula is C22H20FN3O3. The number of benzene rings is 2. The quantitative estimate of drug-likeness (QED) is 0.739. The molecule has 3 aromatic rings. The number of hydrogen-bond donors (Lipinski definition) is 1. The van der Waals surface area contributed by atoms with E-state index in [1.807, 2.05) is 18.2 Å². The lowest BCUT2D eigenvalue weighted by Gasteiger charge is -2.17. The Kier molecular flexibility index (Phi) is 4.88. The molecule has 0 spiro atoms. The van der Waals surface area contributed by atoms with Crippen LogP contribution in [0.4, 0.5) is 10.1 Å². The Morgan fingerprint density at radius 2 is 1.97 bits per heavy atom. The van der Waals surface area contributed by atoms with Crippen LogP contribution < -0.4 is 15.0 Å². The van der Waals surface area contributed by atoms with Crippen molar-refractivity contribution in [2.75, 3.05) is 18.6 Å². The predicted octanol–water partition coefficient (Wildman–Crippen LogP) is 3.23. The van der Waals surface area contributed by atoms with Crippen molar-refractivity contribution >= 4 is 28.4 Å². The molecule has 1 saturated heterocycles. The summed E-state index contributed by atoms with van der Waals surface area (Å²) in [6.07, 6.45) is 0.195. The van der Waals surface area contributed by atoms with Crippen LogP contribution in [0.3, 0.4) is 0 Å². The van der Waals surface area contributed by atoms with Crippen molar-refractivity contribution < 1.29 is 18.7 Å². The first-order chi connectivity index (χ1) is 13.9. The lowest BCUT2D eigenvalue weighted by Crippen LogP contribution is -2.37. The second kappa shape index (κ2) is 7.50. The normalized spacial score (nSPS) is 16.3. The van der Waals surface area contributed by atoms with Gasteiger partial charge in [-0.25, -0.2) is 4.39 Å². The minimum absolute atomic E-state index is 0.109. The number of aromatic nitrogens is 1. The van der Waals surface area contributed by atoms with Gasteiger partial charge in [-0.2, -0.15) is 0 Å². The van der Waals surface area contributed by atoms with Gasteiger partial charge in [0.25, 0.3) is 5.91 Å². The number of hydrogen-bond acceptors (Lipinski definition) is 4. The highest BCUT2D eigenvalue weighted by molar-refractivity contribution is 6.01. The van der Waals surface area contributed by atoms with Gasteiger partial charge in [-0.15, -0.1) is 0 Å². The summed E-state index contributed by atoms with van der Waals surface area (Å²) < 4.78 is 18.3. The number of nitrogens with zero attached hydrogens (tertiary/aromatic N) is 2. The fraction of sp³-hybridized carbons (Fsp3) is 0.227. The standard InChI is InChI=1S/C22H20FN3O3/c1-13-19(9-14-3-8-18(29-2)11-20(14)24-13)22(28)25-16-10-21(27)26(12-16)17-6-4-15(23)5-7-17/h3-9,11,16H,10,12H2,1-2H3,(H,25,28). The average Bonchev–Trinajstić information content (AvgIpc) is 3.07. The zero-order valence-corrected chi connectivity index (χ0v) is 16.1. The Bertz CT molecular complexity index is 1100. The fourth-order valence-corrected chi connectivity index (χ4v) is 3.54. The van der Waals surface area contributed by atoms with Crippen molar-refractivity contribution in [1.29, 1.82) is 0 Å². The van der Waals surface area contributed by atoms with Gasteiger partial charge in [0, 0.05) is 30.1 Å². The van der Waals surface area contributed by atoms with Crippen molar-refractivity contribution in [2.45, 2.75) is 19.4 Å². The van der Waals surface area contributed by atoms with Gasteiger partial charge >= 0.3 is 0 Å². The summed E-state index contributed by atoms with van der Waals surface area (Å²) in [6.45, 7) is 2.12. The molecule has 29 heavy (non-hydrogen) atoms. The second-order valence-corrected chi connectivity index (χ2v) is 7.04. The molecule has 0 radical (unpaired) electrons. The Labute approximate surface area is 167 Å². The largest absolute Gasteiger partial charge is 0.497 e. The molecule has 4 rings (SSSR count). The molecular weight excluding hydrogens is 373 g/mol. The second-order valence-electron chi connectivity index (χ2n) is 7.04. The Morgan fingerprint density at radius 3 is 2.69 bits per heavy atom. The number of rotatable bonds is 4. The molecule has 148 valence electrons. The zero-order chi connectivity index (χ0) is 20.5. The number of pyridine rings is 1. The number of nitrogens with one attached hydrogen (secondary N) is 1. The first-order valence-corrected chi connectivity index (χ1v) is 9.27. The molecule has 1 unspecified atom stereocenters. The molecule has 2 amide bonds. The third kappa shape index (κ3) is 3.76. The summed E-state index contributed by atoms with van der Waals surface area (Å²) in [4.78, 5) is 31.2. The number of methoxy groups -OCH3 is 1. The highest BCUT2D eigenvalue weighted by atomic mass is 19.1. The van der Waals surface area contributed by atoms with Gasteiger partial charge in [0.1, 0.15) is 11.6 Å². The van der Waals surface area contributed by atoms with Crippen LogP contribution >= 0.6 is 0 Å². The van der Waals surface area contributed by atoms with Crippen LogP contribution in [0.25, 0.3) is 10.9 Å². The Hall–Kier alpha value is -3.48. The third-order valence-corrected chi connectivity index (χ3v) is 5.06. The monoisotopic (exact) mass is 393 g/mol. The molecule has 1 fully saturated rings. The molecule has 1 aromatic heterocycles. The summed E-state index contributed by atoms with van der Waals surface area (Å²) in [5.41, 5.74) is 2.43. The maximum absolute atomic E-state index is 13.1. The molecule has 6 nitrogen and oxygen atoms in total. The van der Waals surface area contributed by atoms with Crippen LogP contribution in [0.15, 0.2) is 48.5 Å². The maximum atomic E-state index is 13.1. The van der Waals surface area contributed by atoms with Crippen LogP contribution in [0.1, 0.15) is 22.5 Å². The predicted molar refractivity (Wildman–Crippen MR) is 108 cm³/mol. The van der Waals surface area contributed by atoms with E-state index in [1.165, 1.54) is 12.1 Å². The summed E-state index contributed by atoms with van der Waals surface area (Å²) in [7, 11) is 1.59. The Balaban J connectivity index is 1.51. The number of carbonyl (C=O) groups is 2. The Morgan fingerprint density at radius 1 is 1.21 bits per heavy atom. The van der Waals surface area contributed by atoms with E-state index in [-0.39, 0.29) is 30.1 Å². The van der Waals surface area contributed by atoms with Gasteiger partial charge in [0.05, 0.1) is 29.9 Å². The van der Waals surface area contributed by atoms with E-state index in [1.54, 1.807) is 37.1 Å². The zero-order valence-electron chi connectivity index (χ0n) is 16.1. The van der Waals surface area contributed by atoms with E-state index < -0.39 is 0 Å². The highest BCUT2D eigenvalue weighted by Crippen LogP contribution is 2.24.